The zero-order valence-corrected chi connectivity index (χ0v) is 16.5. The van der Waals surface area contributed by atoms with Gasteiger partial charge in [-0.2, -0.15) is 18.3 Å². The minimum absolute atomic E-state index is 0.0825. The van der Waals surface area contributed by atoms with Crippen molar-refractivity contribution in [1.82, 2.24) is 29.9 Å². The molecule has 3 heterocycles. The summed E-state index contributed by atoms with van der Waals surface area (Å²) < 4.78 is 57.6. The molecule has 1 aliphatic heterocycles. The van der Waals surface area contributed by atoms with Crippen molar-refractivity contribution in [2.24, 2.45) is 0 Å². The minimum atomic E-state index is -4.91. The van der Waals surface area contributed by atoms with Gasteiger partial charge < -0.3 is 9.88 Å². The van der Waals surface area contributed by atoms with E-state index in [4.69, 9.17) is 0 Å². The molecule has 1 aromatic carbocycles. The lowest BCUT2D eigenvalue weighted by Gasteiger charge is -2.13. The average Bonchev–Trinajstić information content (AvgIpc) is 3.26. The highest BCUT2D eigenvalue weighted by atomic mass is 19.4. The molecule has 1 N–H and O–H groups in total. The van der Waals surface area contributed by atoms with Gasteiger partial charge in [-0.05, 0) is 25.0 Å². The number of aryl methyl sites for hydroxylation is 1. The number of rotatable bonds is 5. The predicted molar refractivity (Wildman–Crippen MR) is 102 cm³/mol. The SMILES string of the molecule is O=C(NCCc1nnc2n1CCCCC2)c1cnn(-c2ccccc2F)c1C(F)(F)F. The van der Waals surface area contributed by atoms with E-state index in [-0.39, 0.29) is 12.2 Å². The van der Waals surface area contributed by atoms with Crippen molar-refractivity contribution in [3.63, 3.8) is 0 Å². The van der Waals surface area contributed by atoms with Gasteiger partial charge in [0.1, 0.15) is 23.2 Å². The number of aromatic nitrogens is 5. The maximum Gasteiger partial charge on any atom is 0.434 e. The molecule has 31 heavy (non-hydrogen) atoms. The Kier molecular flexibility index (Phi) is 5.75. The van der Waals surface area contributed by atoms with Crippen LogP contribution < -0.4 is 5.32 Å². The summed E-state index contributed by atoms with van der Waals surface area (Å²) in [6, 6.07) is 4.94. The van der Waals surface area contributed by atoms with E-state index in [0.29, 0.717) is 16.9 Å². The van der Waals surface area contributed by atoms with Crippen LogP contribution in [0.4, 0.5) is 17.6 Å². The Morgan fingerprint density at radius 2 is 1.94 bits per heavy atom. The van der Waals surface area contributed by atoms with E-state index in [2.05, 4.69) is 20.6 Å². The van der Waals surface area contributed by atoms with Gasteiger partial charge in [-0.15, -0.1) is 10.2 Å². The van der Waals surface area contributed by atoms with Crippen molar-refractivity contribution in [2.75, 3.05) is 6.54 Å². The predicted octanol–water partition coefficient (Wildman–Crippen LogP) is 3.32. The van der Waals surface area contributed by atoms with Crippen molar-refractivity contribution >= 4 is 5.91 Å². The molecule has 11 heteroatoms. The minimum Gasteiger partial charge on any atom is -0.351 e. The van der Waals surface area contributed by atoms with Gasteiger partial charge in [-0.25, -0.2) is 9.07 Å². The molecular weight excluding hydrogens is 416 g/mol. The molecule has 4 rings (SSSR count). The van der Waals surface area contributed by atoms with Gasteiger partial charge in [0.2, 0.25) is 0 Å². The van der Waals surface area contributed by atoms with Gasteiger partial charge in [0, 0.05) is 25.9 Å². The Labute approximate surface area is 175 Å². The lowest BCUT2D eigenvalue weighted by atomic mass is 10.2. The maximum atomic E-state index is 14.0. The molecular formula is C20H20F4N6O. The van der Waals surface area contributed by atoms with E-state index in [1.165, 1.54) is 12.1 Å². The van der Waals surface area contributed by atoms with E-state index in [9.17, 15) is 22.4 Å². The number of carbonyl (C=O) groups is 1. The van der Waals surface area contributed by atoms with Crippen LogP contribution in [0.1, 0.15) is 47.0 Å². The van der Waals surface area contributed by atoms with Crippen molar-refractivity contribution in [3.8, 4) is 5.69 Å². The molecule has 1 amide bonds. The quantitative estimate of drug-likeness (QED) is 0.623. The lowest BCUT2D eigenvalue weighted by molar-refractivity contribution is -0.143. The first-order valence-electron chi connectivity index (χ1n) is 9.95. The number of nitrogens with zero attached hydrogens (tertiary/aromatic N) is 5. The Hall–Kier alpha value is -3.24. The second-order valence-electron chi connectivity index (χ2n) is 7.27. The third-order valence-electron chi connectivity index (χ3n) is 5.18. The number of amides is 1. The third kappa shape index (κ3) is 4.30. The summed E-state index contributed by atoms with van der Waals surface area (Å²) in [4.78, 5) is 12.5. The molecule has 0 spiro atoms. The molecule has 0 bridgehead atoms. The molecule has 0 aliphatic carbocycles. The van der Waals surface area contributed by atoms with Crippen LogP contribution in [0, 0.1) is 5.82 Å². The lowest BCUT2D eigenvalue weighted by Crippen LogP contribution is -2.29. The average molecular weight is 436 g/mol. The highest BCUT2D eigenvalue weighted by Crippen LogP contribution is 2.34. The number of benzene rings is 1. The fraction of sp³-hybridized carbons (Fsp3) is 0.400. The molecule has 2 aromatic heterocycles. The number of alkyl halides is 3. The number of hydrogen-bond acceptors (Lipinski definition) is 4. The summed E-state index contributed by atoms with van der Waals surface area (Å²) in [5, 5.41) is 14.4. The van der Waals surface area contributed by atoms with Crippen molar-refractivity contribution in [1.29, 1.82) is 0 Å². The van der Waals surface area contributed by atoms with Gasteiger partial charge in [-0.1, -0.05) is 18.6 Å². The number of fused-ring (bicyclic) bond motifs is 1. The topological polar surface area (TPSA) is 77.6 Å². The van der Waals surface area contributed by atoms with Crippen LogP contribution in [-0.2, 0) is 25.6 Å². The van der Waals surface area contributed by atoms with Crippen LogP contribution in [0.15, 0.2) is 30.5 Å². The summed E-state index contributed by atoms with van der Waals surface area (Å²) in [5.41, 5.74) is -2.39. The fourth-order valence-electron chi connectivity index (χ4n) is 3.71. The van der Waals surface area contributed by atoms with Crippen LogP contribution >= 0.6 is 0 Å². The fourth-order valence-corrected chi connectivity index (χ4v) is 3.71. The molecule has 164 valence electrons. The van der Waals surface area contributed by atoms with Crippen LogP contribution in [0.25, 0.3) is 5.69 Å². The third-order valence-corrected chi connectivity index (χ3v) is 5.18. The number of para-hydroxylation sites is 1. The molecule has 0 saturated heterocycles. The normalized spacial score (nSPS) is 14.2. The van der Waals surface area contributed by atoms with Gasteiger partial charge in [0.25, 0.3) is 5.91 Å². The number of nitrogens with one attached hydrogen (secondary N) is 1. The molecule has 0 radical (unpaired) electrons. The molecule has 0 saturated carbocycles. The monoisotopic (exact) mass is 436 g/mol. The zero-order valence-electron chi connectivity index (χ0n) is 16.5. The second kappa shape index (κ2) is 8.48. The summed E-state index contributed by atoms with van der Waals surface area (Å²) in [5.74, 6) is -0.235. The smallest absolute Gasteiger partial charge is 0.351 e. The van der Waals surface area contributed by atoms with Crippen molar-refractivity contribution < 1.29 is 22.4 Å². The summed E-state index contributed by atoms with van der Waals surface area (Å²) in [6.45, 7) is 0.873. The van der Waals surface area contributed by atoms with Crippen LogP contribution in [0.2, 0.25) is 0 Å². The molecule has 0 unspecified atom stereocenters. The first-order valence-corrected chi connectivity index (χ1v) is 9.95. The second-order valence-corrected chi connectivity index (χ2v) is 7.27. The number of halogens is 4. The highest BCUT2D eigenvalue weighted by molar-refractivity contribution is 5.95. The van der Waals surface area contributed by atoms with E-state index in [1.54, 1.807) is 0 Å². The molecule has 0 fully saturated rings. The Bertz CT molecular complexity index is 1090. The van der Waals surface area contributed by atoms with Crippen LogP contribution in [0.5, 0.6) is 0 Å². The maximum absolute atomic E-state index is 14.0. The Morgan fingerprint density at radius 1 is 1.13 bits per heavy atom. The highest BCUT2D eigenvalue weighted by Gasteiger charge is 2.41. The summed E-state index contributed by atoms with van der Waals surface area (Å²) >= 11 is 0. The Balaban J connectivity index is 1.52. The standard InChI is InChI=1S/C20H20F4N6O/c21-14-6-3-4-7-15(14)30-18(20(22,23)24)13(12-26-30)19(31)25-10-9-17-28-27-16-8-2-1-5-11-29(16)17/h3-4,6-7,12H,1-2,5,8-11H2,(H,25,31). The first-order chi connectivity index (χ1) is 14.9. The van der Waals surface area contributed by atoms with Crippen molar-refractivity contribution in [2.45, 2.75) is 44.8 Å². The zero-order chi connectivity index (χ0) is 22.0. The van der Waals surface area contributed by atoms with E-state index < -0.39 is 29.2 Å². The molecule has 3 aromatic rings. The van der Waals surface area contributed by atoms with Crippen LogP contribution in [0.3, 0.4) is 0 Å². The molecule has 7 nitrogen and oxygen atoms in total. The van der Waals surface area contributed by atoms with Gasteiger partial charge in [0.05, 0.1) is 11.8 Å². The van der Waals surface area contributed by atoms with Gasteiger partial charge in [0.15, 0.2) is 5.69 Å². The van der Waals surface area contributed by atoms with E-state index in [1.807, 2.05) is 4.57 Å². The molecule has 1 aliphatic rings. The summed E-state index contributed by atoms with van der Waals surface area (Å²) in [6.07, 6.45) is 0.218. The first kappa shape index (κ1) is 21.0. The van der Waals surface area contributed by atoms with E-state index in [0.717, 1.165) is 56.4 Å². The molecule has 0 atom stereocenters. The largest absolute Gasteiger partial charge is 0.434 e. The number of hydrogen-bond donors (Lipinski definition) is 1. The van der Waals surface area contributed by atoms with Gasteiger partial charge in [-0.3, -0.25) is 4.79 Å². The van der Waals surface area contributed by atoms with E-state index >= 15 is 0 Å². The number of carbonyl (C=O) groups excluding carboxylic acids is 1. The van der Waals surface area contributed by atoms with Crippen LogP contribution in [-0.4, -0.2) is 37.0 Å². The Morgan fingerprint density at radius 3 is 2.71 bits per heavy atom. The van der Waals surface area contributed by atoms with Crippen molar-refractivity contribution in [3.05, 3.63) is 59.2 Å². The summed E-state index contributed by atoms with van der Waals surface area (Å²) in [7, 11) is 0. The van der Waals surface area contributed by atoms with Gasteiger partial charge >= 0.3 is 6.18 Å².